The van der Waals surface area contributed by atoms with E-state index in [4.69, 9.17) is 4.74 Å². The lowest BCUT2D eigenvalue weighted by molar-refractivity contribution is -0.146. The van der Waals surface area contributed by atoms with Gasteiger partial charge < -0.3 is 14.7 Å². The first-order valence-corrected chi connectivity index (χ1v) is 6.98. The number of nitriles is 1. The number of fused-ring (bicyclic) bond motifs is 1. The summed E-state index contributed by atoms with van der Waals surface area (Å²) in [6.07, 6.45) is 2.98. The molecule has 3 heterocycles. The smallest absolute Gasteiger partial charge is 0.310 e. The lowest BCUT2D eigenvalue weighted by Crippen LogP contribution is -2.39. The summed E-state index contributed by atoms with van der Waals surface area (Å²) < 4.78 is 5.82. The summed E-state index contributed by atoms with van der Waals surface area (Å²) in [5, 5.41) is 18.6. The van der Waals surface area contributed by atoms with Gasteiger partial charge in [0.25, 0.3) is 0 Å². The number of hydrogen-bond acceptors (Lipinski definition) is 4. The number of rotatable bonds is 2. The van der Waals surface area contributed by atoms with Crippen molar-refractivity contribution < 1.29 is 19.4 Å². The molecular weight excluding hydrogens is 284 g/mol. The fraction of sp³-hybridized carbons (Fsp3) is 0.312. The third-order valence-corrected chi connectivity index (χ3v) is 4.70. The van der Waals surface area contributed by atoms with Crippen LogP contribution in [0, 0.1) is 23.2 Å². The van der Waals surface area contributed by atoms with Crippen LogP contribution in [0.15, 0.2) is 36.4 Å². The Morgan fingerprint density at radius 2 is 2.23 bits per heavy atom. The Hall–Kier alpha value is -2.65. The second kappa shape index (κ2) is 4.18. The highest BCUT2D eigenvalue weighted by Crippen LogP contribution is 2.52. The van der Waals surface area contributed by atoms with Crippen molar-refractivity contribution in [1.29, 1.82) is 5.26 Å². The van der Waals surface area contributed by atoms with Crippen LogP contribution in [0.5, 0.6) is 0 Å². The predicted octanol–water partition coefficient (Wildman–Crippen LogP) is 0.929. The fourth-order valence-corrected chi connectivity index (χ4v) is 3.79. The summed E-state index contributed by atoms with van der Waals surface area (Å²) in [5.74, 6) is -2.91. The predicted molar refractivity (Wildman–Crippen MR) is 74.9 cm³/mol. The van der Waals surface area contributed by atoms with Crippen LogP contribution in [-0.4, -0.2) is 35.2 Å². The van der Waals surface area contributed by atoms with Gasteiger partial charge in [0.05, 0.1) is 29.8 Å². The zero-order valence-electron chi connectivity index (χ0n) is 11.5. The molecule has 1 aromatic rings. The van der Waals surface area contributed by atoms with Crippen LogP contribution in [0.25, 0.3) is 0 Å². The lowest BCUT2D eigenvalue weighted by Gasteiger charge is -2.22. The zero-order valence-corrected chi connectivity index (χ0v) is 11.5. The van der Waals surface area contributed by atoms with Gasteiger partial charge in [0.1, 0.15) is 17.6 Å². The maximum Gasteiger partial charge on any atom is 0.310 e. The maximum atomic E-state index is 12.8. The molecule has 0 saturated carbocycles. The number of hydrogen-bond donors (Lipinski definition) is 1. The van der Waals surface area contributed by atoms with Gasteiger partial charge in [-0.15, -0.1) is 0 Å². The molecule has 1 aromatic carbocycles. The minimum absolute atomic E-state index is 0.242. The van der Waals surface area contributed by atoms with Crippen molar-refractivity contribution in [2.75, 3.05) is 11.4 Å². The van der Waals surface area contributed by atoms with E-state index in [1.54, 1.807) is 36.4 Å². The van der Waals surface area contributed by atoms with Crippen LogP contribution < -0.4 is 4.90 Å². The zero-order chi connectivity index (χ0) is 15.5. The highest BCUT2D eigenvalue weighted by atomic mass is 16.5. The number of carbonyl (C=O) groups is 2. The van der Waals surface area contributed by atoms with E-state index in [2.05, 4.69) is 6.07 Å². The molecule has 2 fully saturated rings. The first-order valence-electron chi connectivity index (χ1n) is 6.98. The summed E-state index contributed by atoms with van der Waals surface area (Å²) in [7, 11) is 0. The summed E-state index contributed by atoms with van der Waals surface area (Å²) in [4.78, 5) is 25.8. The van der Waals surface area contributed by atoms with Gasteiger partial charge >= 0.3 is 5.97 Å². The molecule has 3 aliphatic heterocycles. The summed E-state index contributed by atoms with van der Waals surface area (Å²) in [5.41, 5.74) is 0.00823. The second-order valence-electron chi connectivity index (χ2n) is 5.79. The average molecular weight is 296 g/mol. The number of nitrogens with zero attached hydrogens (tertiary/aromatic N) is 2. The van der Waals surface area contributed by atoms with E-state index in [0.29, 0.717) is 11.3 Å². The van der Waals surface area contributed by atoms with Crippen molar-refractivity contribution >= 4 is 17.6 Å². The molecule has 0 unspecified atom stereocenters. The first-order chi connectivity index (χ1) is 10.6. The van der Waals surface area contributed by atoms with Crippen molar-refractivity contribution in [2.45, 2.75) is 11.7 Å². The number of aliphatic carboxylic acids is 1. The molecule has 110 valence electrons. The highest BCUT2D eigenvalue weighted by Gasteiger charge is 2.67. The van der Waals surface area contributed by atoms with Gasteiger partial charge in [0.2, 0.25) is 5.91 Å². The second-order valence-corrected chi connectivity index (χ2v) is 5.79. The highest BCUT2D eigenvalue weighted by molar-refractivity contribution is 6.03. The quantitative estimate of drug-likeness (QED) is 0.820. The number of benzene rings is 1. The Labute approximate surface area is 126 Å². The van der Waals surface area contributed by atoms with Gasteiger partial charge in [-0.2, -0.15) is 5.26 Å². The molecule has 2 bridgehead atoms. The van der Waals surface area contributed by atoms with E-state index in [1.165, 1.54) is 4.90 Å². The van der Waals surface area contributed by atoms with E-state index in [0.717, 1.165) is 0 Å². The van der Waals surface area contributed by atoms with Crippen molar-refractivity contribution in [1.82, 2.24) is 0 Å². The third kappa shape index (κ3) is 1.46. The molecule has 0 radical (unpaired) electrons. The molecule has 4 rings (SSSR count). The van der Waals surface area contributed by atoms with Crippen molar-refractivity contribution in [3.05, 3.63) is 42.0 Å². The van der Waals surface area contributed by atoms with Crippen molar-refractivity contribution in [2.24, 2.45) is 11.8 Å². The standard InChI is InChI=1S/C16H12N2O4/c17-7-9-3-1-2-4-10(9)18-8-16-6-5-11(22-16)12(15(20)21)13(16)14(18)19/h1-6,11-13H,8H2,(H,20,21)/t11-,12-,13-,16-/m1/s1. The molecular formula is C16H12N2O4. The first kappa shape index (κ1) is 13.0. The SMILES string of the molecule is N#Cc1ccccc1N1C[C@@]23C=C[C@@H](O2)[C@@H](C(=O)O)[C@@H]3C1=O. The van der Waals surface area contributed by atoms with Crippen LogP contribution in [0.4, 0.5) is 5.69 Å². The Morgan fingerprint density at radius 3 is 2.95 bits per heavy atom. The molecule has 0 aromatic heterocycles. The summed E-state index contributed by atoms with van der Waals surface area (Å²) in [6.45, 7) is 0.242. The molecule has 2 saturated heterocycles. The monoisotopic (exact) mass is 296 g/mol. The molecule has 0 aliphatic carbocycles. The van der Waals surface area contributed by atoms with E-state index in [1.807, 2.05) is 0 Å². The molecule has 6 nitrogen and oxygen atoms in total. The van der Waals surface area contributed by atoms with Gasteiger partial charge in [-0.1, -0.05) is 24.3 Å². The molecule has 1 amide bonds. The van der Waals surface area contributed by atoms with Gasteiger partial charge in [-0.25, -0.2) is 0 Å². The van der Waals surface area contributed by atoms with E-state index in [9.17, 15) is 20.0 Å². The number of anilines is 1. The van der Waals surface area contributed by atoms with Crippen molar-refractivity contribution in [3.63, 3.8) is 0 Å². The minimum atomic E-state index is -1.02. The maximum absolute atomic E-state index is 12.8. The van der Waals surface area contributed by atoms with Gasteiger partial charge in [-0.05, 0) is 12.1 Å². The number of carbonyl (C=O) groups excluding carboxylic acids is 1. The van der Waals surface area contributed by atoms with Crippen molar-refractivity contribution in [3.8, 4) is 6.07 Å². The minimum Gasteiger partial charge on any atom is -0.481 e. The summed E-state index contributed by atoms with van der Waals surface area (Å²) in [6, 6.07) is 8.87. The Kier molecular flexibility index (Phi) is 2.48. The molecule has 22 heavy (non-hydrogen) atoms. The van der Waals surface area contributed by atoms with Gasteiger partial charge in [-0.3, -0.25) is 9.59 Å². The van der Waals surface area contributed by atoms with Crippen LogP contribution >= 0.6 is 0 Å². The lowest BCUT2D eigenvalue weighted by atomic mass is 9.77. The molecule has 6 heteroatoms. The topological polar surface area (TPSA) is 90.6 Å². The van der Waals surface area contributed by atoms with E-state index < -0.39 is 29.5 Å². The molecule has 3 aliphatic rings. The number of ether oxygens (including phenoxy) is 1. The Bertz CT molecular complexity index is 766. The van der Waals surface area contributed by atoms with E-state index >= 15 is 0 Å². The largest absolute Gasteiger partial charge is 0.481 e. The average Bonchev–Trinajstić information content (AvgIpc) is 3.15. The molecule has 4 atom stereocenters. The number of amides is 1. The Balaban J connectivity index is 1.79. The third-order valence-electron chi connectivity index (χ3n) is 4.70. The van der Waals surface area contributed by atoms with Crippen LogP contribution in [0.3, 0.4) is 0 Å². The fourth-order valence-electron chi connectivity index (χ4n) is 3.79. The number of carboxylic acids is 1. The normalized spacial score (nSPS) is 34.8. The molecule has 1 N–H and O–H groups in total. The van der Waals surface area contributed by atoms with Crippen LogP contribution in [-0.2, 0) is 14.3 Å². The number of para-hydroxylation sites is 1. The number of carboxylic acid groups (broad SMARTS) is 1. The Morgan fingerprint density at radius 1 is 1.45 bits per heavy atom. The van der Waals surface area contributed by atoms with Crippen LogP contribution in [0.1, 0.15) is 5.56 Å². The molecule has 1 spiro atoms. The van der Waals surface area contributed by atoms with E-state index in [-0.39, 0.29) is 12.5 Å². The summed E-state index contributed by atoms with van der Waals surface area (Å²) >= 11 is 0. The van der Waals surface area contributed by atoms with Gasteiger partial charge in [0, 0.05) is 0 Å². The van der Waals surface area contributed by atoms with Crippen LogP contribution in [0.2, 0.25) is 0 Å². The van der Waals surface area contributed by atoms with Gasteiger partial charge in [0.15, 0.2) is 0 Å².